The van der Waals surface area contributed by atoms with Crippen LogP contribution in [0.3, 0.4) is 0 Å². The number of carbonyl (C=O) groups excluding carboxylic acids is 6. The lowest BCUT2D eigenvalue weighted by Crippen LogP contribution is -2.77. The molecule has 3 aliphatic rings. The van der Waals surface area contributed by atoms with E-state index in [9.17, 15) is 44.1 Å². The van der Waals surface area contributed by atoms with Crippen molar-refractivity contribution in [2.24, 2.45) is 29.4 Å². The fraction of sp³-hybridized carbons (Fsp3) is 0.462. The number of aliphatic hydroxyl groups excluding tert-OH is 1. The number of aromatic hydroxyl groups is 1. The second kappa shape index (κ2) is 9.67. The van der Waals surface area contributed by atoms with Crippen molar-refractivity contribution in [3.63, 3.8) is 0 Å². The van der Waals surface area contributed by atoms with Crippen molar-refractivity contribution in [3.05, 3.63) is 35.9 Å². The van der Waals surface area contributed by atoms with Gasteiger partial charge in [-0.2, -0.15) is 0 Å². The molecule has 1 aromatic rings. The van der Waals surface area contributed by atoms with E-state index in [1.165, 1.54) is 37.2 Å². The number of nitrogens with one attached hydrogen (secondary N) is 1. The number of nitrogens with two attached hydrogens (primary N) is 1. The third-order valence-corrected chi connectivity index (χ3v) is 8.06. The SMILES string of the molecule is C=CCOC(=O)Nc1ccc2c(c1O)C(=O)C1C(=O)[C@@]3(O)C(=O)C(C(N)=O)C(=O)[C@H](N(C)C)[C@H]3[C@H](O)[C@H]1[C@@H]2C. The molecular weight excluding hydrogens is 514 g/mol. The van der Waals surface area contributed by atoms with E-state index in [0.717, 1.165) is 0 Å². The predicted molar refractivity (Wildman–Crippen MR) is 133 cm³/mol. The van der Waals surface area contributed by atoms with E-state index in [1.807, 2.05) is 0 Å². The first kappa shape index (κ1) is 28.1. The minimum absolute atomic E-state index is 0.125. The van der Waals surface area contributed by atoms with Gasteiger partial charge in [0, 0.05) is 5.92 Å². The first-order valence-electron chi connectivity index (χ1n) is 12.1. The Balaban J connectivity index is 1.86. The van der Waals surface area contributed by atoms with Gasteiger partial charge in [-0.15, -0.1) is 0 Å². The Labute approximate surface area is 222 Å². The molecule has 0 spiro atoms. The number of ketones is 4. The van der Waals surface area contributed by atoms with Gasteiger partial charge in [-0.1, -0.05) is 25.6 Å². The Morgan fingerprint density at radius 3 is 2.41 bits per heavy atom. The zero-order valence-corrected chi connectivity index (χ0v) is 21.4. The number of rotatable bonds is 5. The van der Waals surface area contributed by atoms with Crippen LogP contribution in [0.5, 0.6) is 5.75 Å². The van der Waals surface area contributed by atoms with Crippen LogP contribution in [0.15, 0.2) is 24.8 Å². The molecule has 2 amide bonds. The van der Waals surface area contributed by atoms with E-state index in [1.54, 1.807) is 6.92 Å². The highest BCUT2D eigenvalue weighted by Crippen LogP contribution is 2.55. The highest BCUT2D eigenvalue weighted by Gasteiger charge is 2.72. The van der Waals surface area contributed by atoms with Gasteiger partial charge in [0.15, 0.2) is 34.7 Å². The third-order valence-electron chi connectivity index (χ3n) is 8.06. The van der Waals surface area contributed by atoms with E-state index in [2.05, 4.69) is 11.9 Å². The number of phenols is 1. The normalized spacial score (nSPS) is 33.6. The van der Waals surface area contributed by atoms with Crippen LogP contribution < -0.4 is 11.1 Å². The van der Waals surface area contributed by atoms with E-state index in [-0.39, 0.29) is 23.4 Å². The number of hydrogen-bond donors (Lipinski definition) is 5. The minimum Gasteiger partial charge on any atom is -0.505 e. The zero-order valence-electron chi connectivity index (χ0n) is 21.4. The van der Waals surface area contributed by atoms with Gasteiger partial charge in [0.25, 0.3) is 0 Å². The van der Waals surface area contributed by atoms with Crippen LogP contribution >= 0.6 is 0 Å². The summed E-state index contributed by atoms with van der Waals surface area (Å²) in [7, 11) is 2.83. The van der Waals surface area contributed by atoms with Gasteiger partial charge in [0.2, 0.25) is 5.91 Å². The molecule has 2 fully saturated rings. The van der Waals surface area contributed by atoms with E-state index >= 15 is 0 Å². The summed E-state index contributed by atoms with van der Waals surface area (Å²) >= 11 is 0. The van der Waals surface area contributed by atoms with Gasteiger partial charge in [-0.25, -0.2) is 4.79 Å². The van der Waals surface area contributed by atoms with Crippen LogP contribution in [-0.4, -0.2) is 93.8 Å². The maximum absolute atomic E-state index is 13.9. The van der Waals surface area contributed by atoms with E-state index in [0.29, 0.717) is 0 Å². The summed E-state index contributed by atoms with van der Waals surface area (Å²) in [5.41, 5.74) is 1.89. The molecular formula is C26H29N3O10. The number of primary amides is 1. The van der Waals surface area contributed by atoms with Gasteiger partial charge in [0.05, 0.1) is 35.2 Å². The van der Waals surface area contributed by atoms with Crippen molar-refractivity contribution in [3.8, 4) is 5.75 Å². The second-order valence-corrected chi connectivity index (χ2v) is 10.3. The van der Waals surface area contributed by atoms with E-state index in [4.69, 9.17) is 10.5 Å². The number of benzene rings is 1. The average Bonchev–Trinajstić information content (AvgIpc) is 2.85. The van der Waals surface area contributed by atoms with Crippen LogP contribution in [0.4, 0.5) is 10.5 Å². The van der Waals surface area contributed by atoms with Gasteiger partial charge < -0.3 is 25.8 Å². The molecule has 0 bridgehead atoms. The Hall–Kier alpha value is -3.94. The Bertz CT molecular complexity index is 1320. The largest absolute Gasteiger partial charge is 0.505 e. The first-order chi connectivity index (χ1) is 18.2. The van der Waals surface area contributed by atoms with Crippen molar-refractivity contribution >= 4 is 40.8 Å². The summed E-state index contributed by atoms with van der Waals surface area (Å²) in [5.74, 6) is -14.5. The fourth-order valence-corrected chi connectivity index (χ4v) is 6.37. The Morgan fingerprint density at radius 2 is 1.85 bits per heavy atom. The number of nitrogens with zero attached hydrogens (tertiary/aromatic N) is 1. The molecule has 3 aliphatic carbocycles. The predicted octanol–water partition coefficient (Wildman–Crippen LogP) is -0.867. The van der Waals surface area contributed by atoms with Crippen LogP contribution in [0.1, 0.15) is 28.8 Å². The van der Waals surface area contributed by atoms with Gasteiger partial charge in [0.1, 0.15) is 12.4 Å². The standard InChI is InChI=1S/C26H29N3O10/c1-5-8-39-25(37)28-11-7-6-10-9(2)12-14(19(31)13(10)18(11)30)22(34)26(38)16(20(12)32)17(29(3)4)21(33)15(23(26)35)24(27)36/h5-7,9,12,14-17,20,30,32,38H,1,8H2,2-4H3,(H2,27,36)(H,28,37)/t9-,12+,14?,15?,16+,17-,20-,26-/m1/s1. The van der Waals surface area contributed by atoms with Crippen LogP contribution in [0.2, 0.25) is 0 Å². The van der Waals surface area contributed by atoms with E-state index < -0.39 is 88.2 Å². The highest BCUT2D eigenvalue weighted by molar-refractivity contribution is 6.32. The number of carbonyl (C=O) groups is 6. The molecule has 2 saturated carbocycles. The average molecular weight is 544 g/mol. The molecule has 13 nitrogen and oxygen atoms in total. The fourth-order valence-electron chi connectivity index (χ4n) is 6.37. The molecule has 0 heterocycles. The molecule has 0 radical (unpaired) electrons. The van der Waals surface area contributed by atoms with Crippen molar-refractivity contribution in [2.75, 3.05) is 26.0 Å². The molecule has 208 valence electrons. The molecule has 8 atom stereocenters. The molecule has 0 saturated heterocycles. The summed E-state index contributed by atoms with van der Waals surface area (Å²) in [6.07, 6.45) is -1.36. The lowest BCUT2D eigenvalue weighted by Gasteiger charge is -2.56. The van der Waals surface area contributed by atoms with Crippen molar-refractivity contribution in [2.45, 2.75) is 30.6 Å². The quantitative estimate of drug-likeness (QED) is 0.175. The molecule has 0 aromatic heterocycles. The molecule has 39 heavy (non-hydrogen) atoms. The van der Waals surface area contributed by atoms with Crippen LogP contribution in [0.25, 0.3) is 0 Å². The number of amides is 2. The lowest BCUT2D eigenvalue weighted by molar-refractivity contribution is -0.196. The van der Waals surface area contributed by atoms with Crippen LogP contribution in [0, 0.1) is 23.7 Å². The maximum Gasteiger partial charge on any atom is 0.412 e. The first-order valence-corrected chi connectivity index (χ1v) is 12.1. The number of ether oxygens (including phenoxy) is 1. The number of Topliss-reactive ketones (excluding diaryl/α,β-unsaturated/α-hetero) is 4. The van der Waals surface area contributed by atoms with Crippen molar-refractivity contribution < 1.29 is 48.8 Å². The number of fused-ring (bicyclic) bond motifs is 3. The molecule has 0 aliphatic heterocycles. The number of aliphatic hydroxyl groups is 2. The summed E-state index contributed by atoms with van der Waals surface area (Å²) < 4.78 is 4.82. The van der Waals surface area contributed by atoms with Crippen LogP contribution in [-0.2, 0) is 23.9 Å². The smallest absolute Gasteiger partial charge is 0.412 e. The molecule has 6 N–H and O–H groups in total. The number of phenolic OH excluding ortho intramolecular Hbond substituents is 1. The van der Waals surface area contributed by atoms with Crippen molar-refractivity contribution in [1.29, 1.82) is 0 Å². The lowest BCUT2D eigenvalue weighted by atomic mass is 9.49. The Morgan fingerprint density at radius 1 is 1.21 bits per heavy atom. The summed E-state index contributed by atoms with van der Waals surface area (Å²) in [6, 6.07) is 1.29. The summed E-state index contributed by atoms with van der Waals surface area (Å²) in [4.78, 5) is 79.5. The third kappa shape index (κ3) is 3.87. The molecule has 1 aromatic carbocycles. The zero-order chi connectivity index (χ0) is 29.1. The monoisotopic (exact) mass is 543 g/mol. The summed E-state index contributed by atoms with van der Waals surface area (Å²) in [6.45, 7) is 4.87. The minimum atomic E-state index is -3.09. The number of anilines is 1. The summed E-state index contributed by atoms with van der Waals surface area (Å²) in [5, 5.41) is 36.4. The Kier molecular flexibility index (Phi) is 6.96. The van der Waals surface area contributed by atoms with Gasteiger partial charge in [-0.05, 0) is 31.6 Å². The second-order valence-electron chi connectivity index (χ2n) is 10.3. The molecule has 2 unspecified atom stereocenters. The van der Waals surface area contributed by atoms with Crippen molar-refractivity contribution in [1.82, 2.24) is 4.90 Å². The highest BCUT2D eigenvalue weighted by atomic mass is 16.5. The number of likely N-dealkylation sites (N-methyl/N-ethyl adjacent to an activating group) is 1. The van der Waals surface area contributed by atoms with Gasteiger partial charge in [-0.3, -0.25) is 34.2 Å². The van der Waals surface area contributed by atoms with Gasteiger partial charge >= 0.3 is 6.09 Å². The maximum atomic E-state index is 13.9. The molecule has 13 heteroatoms. The number of hydrogen-bond acceptors (Lipinski definition) is 11. The topological polar surface area (TPSA) is 214 Å². The molecule has 4 rings (SSSR count).